The summed E-state index contributed by atoms with van der Waals surface area (Å²) < 4.78 is 111. The van der Waals surface area contributed by atoms with Crippen LogP contribution >= 0.6 is 0 Å². The average molecular weight is 548 g/mol. The van der Waals surface area contributed by atoms with Crippen molar-refractivity contribution in [1.29, 1.82) is 0 Å². The topological polar surface area (TPSA) is 73.2 Å². The molecule has 1 fully saturated rings. The molecule has 1 aromatic heterocycles. The molecule has 0 atom stereocenters. The van der Waals surface area contributed by atoms with Crippen LogP contribution in [-0.2, 0) is 28.3 Å². The second kappa shape index (κ2) is 9.67. The van der Waals surface area contributed by atoms with Gasteiger partial charge in [-0.25, -0.2) is 17.8 Å². The third-order valence-electron chi connectivity index (χ3n) is 6.07. The van der Waals surface area contributed by atoms with E-state index < -0.39 is 39.2 Å². The summed E-state index contributed by atoms with van der Waals surface area (Å²) in [7, 11) is -4.62. The van der Waals surface area contributed by atoms with Crippen LogP contribution in [0.2, 0.25) is 0 Å². The molecule has 0 bridgehead atoms. The lowest BCUT2D eigenvalue weighted by Gasteiger charge is -2.43. The molecule has 0 amide bonds. The predicted molar refractivity (Wildman–Crippen MR) is 123 cm³/mol. The van der Waals surface area contributed by atoms with E-state index in [0.29, 0.717) is 42.6 Å². The molecule has 1 aliphatic rings. The van der Waals surface area contributed by atoms with E-state index in [2.05, 4.69) is 9.82 Å². The molecule has 1 N–H and O–H groups in total. The first kappa shape index (κ1) is 27.0. The van der Waals surface area contributed by atoms with Gasteiger partial charge in [0.15, 0.2) is 5.75 Å². The quantitative estimate of drug-likeness (QED) is 0.339. The van der Waals surface area contributed by atoms with E-state index in [0.717, 1.165) is 12.1 Å². The lowest BCUT2D eigenvalue weighted by atomic mass is 9.72. The van der Waals surface area contributed by atoms with E-state index in [-0.39, 0.29) is 11.6 Å². The summed E-state index contributed by atoms with van der Waals surface area (Å²) in [5, 5.41) is 4.47. The molecule has 1 aliphatic carbocycles. The van der Waals surface area contributed by atoms with Crippen LogP contribution in [0.1, 0.15) is 37.3 Å². The summed E-state index contributed by atoms with van der Waals surface area (Å²) in [6.07, 6.45) is -8.00. The van der Waals surface area contributed by atoms with Crippen LogP contribution in [0.15, 0.2) is 54.6 Å². The maximum atomic E-state index is 12.8. The number of aryl methyl sites for hydroxylation is 1. The molecule has 37 heavy (non-hydrogen) atoms. The Kier molecular flexibility index (Phi) is 7.06. The van der Waals surface area contributed by atoms with Gasteiger partial charge in [0.25, 0.3) is 0 Å². The molecule has 0 saturated heterocycles. The standard InChI is InChI=1S/C24H23F6N3O3S/c1-2-33-21(36-19-9-7-17(8-10-19)24(28,29)30)14-20(31-33)16-5-3-6-18(13-16)22(11-4-12-22)32-37(34,35)15-23(25,26)27/h3,5-10,13-14,32H,2,4,11-12,15H2,1H3. The van der Waals surface area contributed by atoms with Crippen LogP contribution in [0.5, 0.6) is 11.6 Å². The second-order valence-electron chi connectivity index (χ2n) is 8.80. The Morgan fingerprint density at radius 1 is 1.03 bits per heavy atom. The third kappa shape index (κ3) is 6.27. The van der Waals surface area contributed by atoms with Gasteiger partial charge in [0.1, 0.15) is 5.75 Å². The maximum Gasteiger partial charge on any atom is 0.416 e. The predicted octanol–water partition coefficient (Wildman–Crippen LogP) is 6.24. The molecule has 13 heteroatoms. The van der Waals surface area contributed by atoms with Gasteiger partial charge >= 0.3 is 12.4 Å². The zero-order chi connectivity index (χ0) is 27.1. The number of ether oxygens (including phenoxy) is 1. The number of aromatic nitrogens is 2. The largest absolute Gasteiger partial charge is 0.439 e. The van der Waals surface area contributed by atoms with Crippen LogP contribution in [0.3, 0.4) is 0 Å². The van der Waals surface area contributed by atoms with Gasteiger partial charge in [0.2, 0.25) is 15.9 Å². The summed E-state index contributed by atoms with van der Waals surface area (Å²) in [4.78, 5) is 0. The van der Waals surface area contributed by atoms with Crippen molar-refractivity contribution < 1.29 is 39.5 Å². The third-order valence-corrected chi connectivity index (χ3v) is 7.48. The highest BCUT2D eigenvalue weighted by molar-refractivity contribution is 7.89. The second-order valence-corrected chi connectivity index (χ2v) is 10.5. The summed E-state index contributed by atoms with van der Waals surface area (Å²) in [6, 6.07) is 12.5. The number of rotatable bonds is 8. The van der Waals surface area contributed by atoms with E-state index in [1.807, 2.05) is 0 Å². The van der Waals surface area contributed by atoms with Crippen LogP contribution in [0.25, 0.3) is 11.3 Å². The number of halogens is 6. The number of sulfonamides is 1. The zero-order valence-corrected chi connectivity index (χ0v) is 20.3. The molecular formula is C24H23F6N3O3S. The summed E-state index contributed by atoms with van der Waals surface area (Å²) in [6.45, 7) is 2.18. The molecular weight excluding hydrogens is 524 g/mol. The molecule has 200 valence electrons. The Labute approximate surface area is 209 Å². The minimum Gasteiger partial charge on any atom is -0.439 e. The fraction of sp³-hybridized carbons (Fsp3) is 0.375. The molecule has 0 aliphatic heterocycles. The number of nitrogens with zero attached hydrogens (tertiary/aromatic N) is 2. The van der Waals surface area contributed by atoms with Gasteiger partial charge in [-0.3, -0.25) is 0 Å². The molecule has 4 rings (SSSR count). The Morgan fingerprint density at radius 3 is 2.24 bits per heavy atom. The fourth-order valence-electron chi connectivity index (χ4n) is 4.19. The minimum absolute atomic E-state index is 0.176. The number of hydrogen-bond acceptors (Lipinski definition) is 4. The van der Waals surface area contributed by atoms with Crippen LogP contribution in [-0.4, -0.2) is 30.1 Å². The van der Waals surface area contributed by atoms with Gasteiger partial charge in [0, 0.05) is 18.2 Å². The van der Waals surface area contributed by atoms with Gasteiger partial charge in [0.05, 0.1) is 16.8 Å². The number of hydrogen-bond donors (Lipinski definition) is 1. The number of nitrogens with one attached hydrogen (secondary N) is 1. The molecule has 3 aromatic rings. The zero-order valence-electron chi connectivity index (χ0n) is 19.5. The summed E-state index contributed by atoms with van der Waals surface area (Å²) >= 11 is 0. The van der Waals surface area contributed by atoms with Gasteiger partial charge in [-0.1, -0.05) is 18.2 Å². The first-order chi connectivity index (χ1) is 17.2. The first-order valence-electron chi connectivity index (χ1n) is 11.3. The van der Waals surface area contributed by atoms with Gasteiger partial charge in [-0.15, -0.1) is 0 Å². The highest BCUT2D eigenvalue weighted by Gasteiger charge is 2.45. The van der Waals surface area contributed by atoms with Crippen molar-refractivity contribution in [3.8, 4) is 22.9 Å². The maximum absolute atomic E-state index is 12.8. The molecule has 2 aromatic carbocycles. The summed E-state index contributed by atoms with van der Waals surface area (Å²) in [5.41, 5.74) is -0.427. The number of benzene rings is 2. The fourth-order valence-corrected chi connectivity index (χ4v) is 5.61. The van der Waals surface area contributed by atoms with Crippen molar-refractivity contribution in [3.05, 3.63) is 65.7 Å². The van der Waals surface area contributed by atoms with Gasteiger partial charge in [-0.05, 0) is 62.1 Å². The van der Waals surface area contributed by atoms with Crippen LogP contribution < -0.4 is 9.46 Å². The molecule has 1 saturated carbocycles. The Bertz CT molecular complexity index is 1360. The minimum atomic E-state index is -4.87. The Hall–Kier alpha value is -3.06. The lowest BCUT2D eigenvalue weighted by Crippen LogP contribution is -2.52. The highest BCUT2D eigenvalue weighted by atomic mass is 32.2. The summed E-state index contributed by atoms with van der Waals surface area (Å²) in [5.74, 6) is -1.52. The van der Waals surface area contributed by atoms with E-state index in [1.54, 1.807) is 37.3 Å². The SMILES string of the molecule is CCn1nc(-c2cccc(C3(NS(=O)(=O)CC(F)(F)F)CCC3)c2)cc1Oc1ccc(C(F)(F)F)cc1. The molecule has 0 spiro atoms. The number of alkyl halides is 6. The van der Waals surface area contributed by atoms with Crippen molar-refractivity contribution in [2.75, 3.05) is 5.75 Å². The van der Waals surface area contributed by atoms with Crippen molar-refractivity contribution in [2.45, 2.75) is 50.6 Å². The smallest absolute Gasteiger partial charge is 0.416 e. The normalized spacial score (nSPS) is 15.9. The van der Waals surface area contributed by atoms with Crippen molar-refractivity contribution in [2.24, 2.45) is 0 Å². The Balaban J connectivity index is 1.60. The molecule has 6 nitrogen and oxygen atoms in total. The van der Waals surface area contributed by atoms with E-state index in [4.69, 9.17) is 4.74 Å². The molecule has 0 unspecified atom stereocenters. The molecule has 1 heterocycles. The van der Waals surface area contributed by atoms with E-state index in [1.165, 1.54) is 16.8 Å². The molecule has 0 radical (unpaired) electrons. The highest BCUT2D eigenvalue weighted by Crippen LogP contribution is 2.43. The van der Waals surface area contributed by atoms with E-state index in [9.17, 15) is 34.8 Å². The van der Waals surface area contributed by atoms with Crippen LogP contribution in [0, 0.1) is 0 Å². The van der Waals surface area contributed by atoms with Gasteiger partial charge in [-0.2, -0.15) is 31.4 Å². The van der Waals surface area contributed by atoms with Crippen molar-refractivity contribution in [1.82, 2.24) is 14.5 Å². The first-order valence-corrected chi connectivity index (χ1v) is 13.0. The Morgan fingerprint density at radius 2 is 1.70 bits per heavy atom. The lowest BCUT2D eigenvalue weighted by molar-refractivity contribution is -0.137. The van der Waals surface area contributed by atoms with Crippen LogP contribution in [0.4, 0.5) is 26.3 Å². The van der Waals surface area contributed by atoms with Crippen molar-refractivity contribution in [3.63, 3.8) is 0 Å². The average Bonchev–Trinajstić information content (AvgIpc) is 3.17. The van der Waals surface area contributed by atoms with Crippen molar-refractivity contribution >= 4 is 10.0 Å². The van der Waals surface area contributed by atoms with Gasteiger partial charge < -0.3 is 4.74 Å². The monoisotopic (exact) mass is 547 g/mol. The van der Waals surface area contributed by atoms with E-state index >= 15 is 0 Å².